The molecule has 0 saturated carbocycles. The average molecular weight is 268 g/mol. The lowest BCUT2D eigenvalue weighted by Gasteiger charge is -2.13. The molecule has 0 fully saturated rings. The Morgan fingerprint density at radius 1 is 1.32 bits per heavy atom. The number of carbonyl (C=O) groups excluding carboxylic acids is 2. The van der Waals surface area contributed by atoms with Crippen LogP contribution in [0, 0.1) is 0 Å². The molecule has 0 aliphatic heterocycles. The Kier molecular flexibility index (Phi) is 5.62. The highest BCUT2D eigenvalue weighted by Gasteiger charge is 2.16. The van der Waals surface area contributed by atoms with Gasteiger partial charge >= 0.3 is 0 Å². The van der Waals surface area contributed by atoms with Crippen molar-refractivity contribution in [3.05, 3.63) is 24.3 Å². The number of aliphatic hydroxyl groups excluding tert-OH is 1. The molecule has 19 heavy (non-hydrogen) atoms. The van der Waals surface area contributed by atoms with Gasteiger partial charge in [0, 0.05) is 0 Å². The number of primary amides is 1. The zero-order valence-corrected chi connectivity index (χ0v) is 10.5. The second-order valence-electron chi connectivity index (χ2n) is 3.67. The topological polar surface area (TPSA) is 111 Å². The van der Waals surface area contributed by atoms with Crippen molar-refractivity contribution in [3.8, 4) is 11.5 Å². The van der Waals surface area contributed by atoms with Gasteiger partial charge in [-0.15, -0.1) is 0 Å². The monoisotopic (exact) mass is 268 g/mol. The van der Waals surface area contributed by atoms with Crippen LogP contribution in [0.15, 0.2) is 24.3 Å². The fraction of sp³-hybridized carbons (Fsp3) is 0.333. The Morgan fingerprint density at radius 2 is 1.89 bits per heavy atom. The van der Waals surface area contributed by atoms with E-state index in [1.807, 2.05) is 0 Å². The molecule has 0 saturated heterocycles. The summed E-state index contributed by atoms with van der Waals surface area (Å²) in [6.07, 6.45) is 0. The number of nitrogens with one attached hydrogen (secondary N) is 1. The highest BCUT2D eigenvalue weighted by atomic mass is 16.5. The van der Waals surface area contributed by atoms with Crippen molar-refractivity contribution in [2.45, 2.75) is 6.04 Å². The number of carbonyl (C=O) groups is 2. The summed E-state index contributed by atoms with van der Waals surface area (Å²) in [5.74, 6) is -0.199. The van der Waals surface area contributed by atoms with Gasteiger partial charge in [-0.1, -0.05) is 0 Å². The molecule has 0 aliphatic rings. The van der Waals surface area contributed by atoms with Crippen LogP contribution in [0.4, 0.5) is 0 Å². The van der Waals surface area contributed by atoms with E-state index < -0.39 is 24.5 Å². The molecule has 7 heteroatoms. The first-order valence-electron chi connectivity index (χ1n) is 5.53. The van der Waals surface area contributed by atoms with Gasteiger partial charge in [-0.2, -0.15) is 0 Å². The zero-order chi connectivity index (χ0) is 14.3. The molecular formula is C12H16N2O5. The fourth-order valence-corrected chi connectivity index (χ4v) is 1.26. The molecular weight excluding hydrogens is 252 g/mol. The van der Waals surface area contributed by atoms with Crippen molar-refractivity contribution < 1.29 is 24.2 Å². The van der Waals surface area contributed by atoms with Crippen molar-refractivity contribution in [1.82, 2.24) is 5.32 Å². The van der Waals surface area contributed by atoms with E-state index in [4.69, 9.17) is 20.3 Å². The summed E-state index contributed by atoms with van der Waals surface area (Å²) in [4.78, 5) is 22.2. The smallest absolute Gasteiger partial charge is 0.258 e. The maximum atomic E-state index is 11.4. The molecule has 0 aliphatic carbocycles. The highest BCUT2D eigenvalue weighted by molar-refractivity contribution is 5.87. The van der Waals surface area contributed by atoms with Crippen LogP contribution >= 0.6 is 0 Å². The van der Waals surface area contributed by atoms with Crippen molar-refractivity contribution in [3.63, 3.8) is 0 Å². The lowest BCUT2D eigenvalue weighted by molar-refractivity contribution is -0.129. The number of aliphatic hydroxyl groups is 1. The van der Waals surface area contributed by atoms with Crippen LogP contribution < -0.4 is 20.5 Å². The van der Waals surface area contributed by atoms with Crippen molar-refractivity contribution in [1.29, 1.82) is 0 Å². The van der Waals surface area contributed by atoms with E-state index in [1.54, 1.807) is 31.4 Å². The number of hydrogen-bond acceptors (Lipinski definition) is 5. The first-order valence-corrected chi connectivity index (χ1v) is 5.53. The average Bonchev–Trinajstić information content (AvgIpc) is 2.42. The lowest BCUT2D eigenvalue weighted by Crippen LogP contribution is -2.48. The fourth-order valence-electron chi connectivity index (χ4n) is 1.26. The third-order valence-electron chi connectivity index (χ3n) is 2.29. The van der Waals surface area contributed by atoms with Gasteiger partial charge in [0.05, 0.1) is 13.7 Å². The van der Waals surface area contributed by atoms with Crippen LogP contribution in [-0.4, -0.2) is 43.3 Å². The molecule has 0 aromatic heterocycles. The Labute approximate surface area is 110 Å². The van der Waals surface area contributed by atoms with E-state index in [0.717, 1.165) is 0 Å². The van der Waals surface area contributed by atoms with E-state index >= 15 is 0 Å². The molecule has 1 unspecified atom stereocenters. The predicted molar refractivity (Wildman–Crippen MR) is 66.7 cm³/mol. The summed E-state index contributed by atoms with van der Waals surface area (Å²) in [7, 11) is 1.54. The van der Waals surface area contributed by atoms with Gasteiger partial charge in [0.15, 0.2) is 6.61 Å². The normalized spacial score (nSPS) is 11.5. The van der Waals surface area contributed by atoms with Gasteiger partial charge in [-0.3, -0.25) is 9.59 Å². The minimum absolute atomic E-state index is 0.282. The van der Waals surface area contributed by atoms with Gasteiger partial charge in [0.2, 0.25) is 5.91 Å². The quantitative estimate of drug-likeness (QED) is 0.589. The number of rotatable bonds is 7. The molecule has 7 nitrogen and oxygen atoms in total. The van der Waals surface area contributed by atoms with Crippen LogP contribution in [0.5, 0.6) is 11.5 Å². The highest BCUT2D eigenvalue weighted by Crippen LogP contribution is 2.16. The molecule has 1 aromatic carbocycles. The Hall–Kier alpha value is -2.28. The predicted octanol–water partition coefficient (Wildman–Crippen LogP) is -0.964. The van der Waals surface area contributed by atoms with E-state index in [0.29, 0.717) is 11.5 Å². The molecule has 0 heterocycles. The molecule has 0 bridgehead atoms. The van der Waals surface area contributed by atoms with Crippen LogP contribution in [-0.2, 0) is 9.59 Å². The van der Waals surface area contributed by atoms with Crippen LogP contribution in [0.1, 0.15) is 0 Å². The second-order valence-corrected chi connectivity index (χ2v) is 3.67. The maximum Gasteiger partial charge on any atom is 0.258 e. The molecule has 104 valence electrons. The lowest BCUT2D eigenvalue weighted by atomic mass is 10.3. The molecule has 4 N–H and O–H groups in total. The number of benzene rings is 1. The number of nitrogens with two attached hydrogens (primary N) is 1. The third kappa shape index (κ3) is 4.84. The largest absolute Gasteiger partial charge is 0.497 e. The SMILES string of the molecule is COc1ccc(OCC(=O)NC(CO)C(N)=O)cc1. The Morgan fingerprint density at radius 3 is 2.37 bits per heavy atom. The summed E-state index contributed by atoms with van der Waals surface area (Å²) >= 11 is 0. The van der Waals surface area contributed by atoms with Crippen LogP contribution in [0.25, 0.3) is 0 Å². The van der Waals surface area contributed by atoms with Gasteiger partial charge in [0.25, 0.3) is 5.91 Å². The van der Waals surface area contributed by atoms with Crippen LogP contribution in [0.2, 0.25) is 0 Å². The maximum absolute atomic E-state index is 11.4. The standard InChI is InChI=1S/C12H16N2O5/c1-18-8-2-4-9(5-3-8)19-7-11(16)14-10(6-15)12(13)17/h2-5,10,15H,6-7H2,1H3,(H2,13,17)(H,14,16). The van der Waals surface area contributed by atoms with Crippen molar-refractivity contribution in [2.24, 2.45) is 5.73 Å². The van der Waals surface area contributed by atoms with Gasteiger partial charge in [-0.05, 0) is 24.3 Å². The number of hydrogen-bond donors (Lipinski definition) is 3. The van der Waals surface area contributed by atoms with Gasteiger partial charge < -0.3 is 25.6 Å². The van der Waals surface area contributed by atoms with Crippen molar-refractivity contribution >= 4 is 11.8 Å². The molecule has 1 rings (SSSR count). The van der Waals surface area contributed by atoms with E-state index in [-0.39, 0.29) is 6.61 Å². The Bertz CT molecular complexity index is 432. The van der Waals surface area contributed by atoms with E-state index in [2.05, 4.69) is 5.32 Å². The minimum atomic E-state index is -1.10. The summed E-state index contributed by atoms with van der Waals surface area (Å²) in [5, 5.41) is 11.1. The molecule has 0 radical (unpaired) electrons. The minimum Gasteiger partial charge on any atom is -0.497 e. The van der Waals surface area contributed by atoms with Gasteiger partial charge in [-0.25, -0.2) is 0 Å². The number of amides is 2. The van der Waals surface area contributed by atoms with E-state index in [9.17, 15) is 9.59 Å². The third-order valence-corrected chi connectivity index (χ3v) is 2.29. The summed E-state index contributed by atoms with van der Waals surface area (Å²) in [6, 6.07) is 5.56. The zero-order valence-electron chi connectivity index (χ0n) is 10.5. The first-order chi connectivity index (χ1) is 9.06. The summed E-state index contributed by atoms with van der Waals surface area (Å²) < 4.78 is 10.2. The number of ether oxygens (including phenoxy) is 2. The first kappa shape index (κ1) is 14.8. The molecule has 2 amide bonds. The molecule has 1 atom stereocenters. The molecule has 0 spiro atoms. The second kappa shape index (κ2) is 7.22. The van der Waals surface area contributed by atoms with Crippen LogP contribution in [0.3, 0.4) is 0 Å². The summed E-state index contributed by atoms with van der Waals surface area (Å²) in [5.41, 5.74) is 4.97. The Balaban J connectivity index is 2.42. The van der Waals surface area contributed by atoms with Gasteiger partial charge in [0.1, 0.15) is 17.5 Å². The molecule has 1 aromatic rings. The number of methoxy groups -OCH3 is 1. The van der Waals surface area contributed by atoms with E-state index in [1.165, 1.54) is 0 Å². The summed E-state index contributed by atoms with van der Waals surface area (Å²) in [6.45, 7) is -0.834. The van der Waals surface area contributed by atoms with Crippen molar-refractivity contribution in [2.75, 3.05) is 20.3 Å².